The number of ether oxygens (including phenoxy) is 1. The quantitative estimate of drug-likeness (QED) is 0.533. The van der Waals surface area contributed by atoms with Crippen LogP contribution in [0.4, 0.5) is 13.2 Å². The van der Waals surface area contributed by atoms with Crippen LogP contribution >= 0.6 is 0 Å². The molecule has 2 aliphatic heterocycles. The number of nitrogens with one attached hydrogen (secondary N) is 1. The van der Waals surface area contributed by atoms with Gasteiger partial charge in [0.05, 0.1) is 24.5 Å². The fourth-order valence-corrected chi connectivity index (χ4v) is 5.40. The summed E-state index contributed by atoms with van der Waals surface area (Å²) in [4.78, 5) is 15.1. The van der Waals surface area contributed by atoms with Gasteiger partial charge in [-0.2, -0.15) is 17.9 Å². The third-order valence-corrected chi connectivity index (χ3v) is 7.28. The molecular formula is C22H30F3N3O4. The Hall–Kier alpha value is -1.91. The van der Waals surface area contributed by atoms with E-state index in [1.807, 2.05) is 0 Å². The largest absolute Gasteiger partial charge is 0.618 e. The minimum absolute atomic E-state index is 0.0626. The van der Waals surface area contributed by atoms with Gasteiger partial charge in [0.25, 0.3) is 0 Å². The lowest BCUT2D eigenvalue weighted by Crippen LogP contribution is -2.52. The normalized spacial score (nSPS) is 27.9. The minimum atomic E-state index is -4.64. The van der Waals surface area contributed by atoms with Gasteiger partial charge in [-0.25, -0.2) is 0 Å². The number of aliphatic hydroxyl groups is 1. The molecule has 2 N–H and O–H groups in total. The number of carbonyl (C=O) groups excluding carboxylic acids is 1. The van der Waals surface area contributed by atoms with Crippen LogP contribution in [0.5, 0.6) is 0 Å². The highest BCUT2D eigenvalue weighted by molar-refractivity contribution is 5.84. The first-order chi connectivity index (χ1) is 15.1. The zero-order chi connectivity index (χ0) is 23.1. The number of aromatic nitrogens is 1. The first kappa shape index (κ1) is 23.3. The highest BCUT2D eigenvalue weighted by Gasteiger charge is 2.51. The molecule has 1 amide bonds. The second kappa shape index (κ2) is 8.79. The van der Waals surface area contributed by atoms with Crippen LogP contribution in [-0.4, -0.2) is 53.9 Å². The predicted molar refractivity (Wildman–Crippen MR) is 108 cm³/mol. The number of hydrogen-bond donors (Lipinski definition) is 2. The lowest BCUT2D eigenvalue weighted by molar-refractivity contribution is -0.616. The first-order valence-corrected chi connectivity index (χ1v) is 11.2. The van der Waals surface area contributed by atoms with Gasteiger partial charge in [0.15, 0.2) is 11.9 Å². The first-order valence-electron chi connectivity index (χ1n) is 11.2. The maximum absolute atomic E-state index is 13.6. The summed E-state index contributed by atoms with van der Waals surface area (Å²) in [5.74, 6) is -0.246. The molecule has 3 heterocycles. The van der Waals surface area contributed by atoms with Crippen LogP contribution in [0, 0.1) is 10.6 Å². The number of carbonyl (C=O) groups is 1. The third-order valence-electron chi connectivity index (χ3n) is 7.28. The molecule has 1 aliphatic carbocycles. The highest BCUT2D eigenvalue weighted by atomic mass is 19.4. The number of nitrogens with zero attached hydrogens (tertiary/aromatic N) is 2. The third kappa shape index (κ3) is 4.45. The Bertz CT molecular complexity index is 858. The predicted octanol–water partition coefficient (Wildman–Crippen LogP) is 1.91. The summed E-state index contributed by atoms with van der Waals surface area (Å²) in [6.07, 6.45) is -1.23. The van der Waals surface area contributed by atoms with Crippen molar-refractivity contribution >= 4 is 5.91 Å². The molecule has 10 heteroatoms. The average molecular weight is 457 g/mol. The van der Waals surface area contributed by atoms with Crippen LogP contribution in [0.1, 0.15) is 55.8 Å². The average Bonchev–Trinajstić information content (AvgIpc) is 3.18. The maximum atomic E-state index is 13.6. The van der Waals surface area contributed by atoms with Crippen molar-refractivity contribution in [3.8, 4) is 0 Å². The van der Waals surface area contributed by atoms with Crippen LogP contribution in [0.25, 0.3) is 0 Å². The molecule has 1 unspecified atom stereocenters. The van der Waals surface area contributed by atoms with Crippen molar-refractivity contribution in [2.45, 2.75) is 76.4 Å². The second-order valence-corrected chi connectivity index (χ2v) is 9.33. The van der Waals surface area contributed by atoms with Gasteiger partial charge in [0.1, 0.15) is 5.56 Å². The van der Waals surface area contributed by atoms with E-state index in [-0.39, 0.29) is 47.4 Å². The van der Waals surface area contributed by atoms with Gasteiger partial charge >= 0.3 is 6.18 Å². The Morgan fingerprint density at radius 2 is 2.06 bits per heavy atom. The van der Waals surface area contributed by atoms with E-state index in [9.17, 15) is 28.3 Å². The van der Waals surface area contributed by atoms with Crippen molar-refractivity contribution in [1.82, 2.24) is 10.2 Å². The van der Waals surface area contributed by atoms with E-state index in [0.717, 1.165) is 25.3 Å². The Kier molecular flexibility index (Phi) is 6.39. The molecule has 0 spiro atoms. The van der Waals surface area contributed by atoms with Crippen molar-refractivity contribution < 1.29 is 32.5 Å². The van der Waals surface area contributed by atoms with E-state index in [1.165, 1.54) is 4.90 Å². The van der Waals surface area contributed by atoms with Crippen LogP contribution in [0.15, 0.2) is 12.3 Å². The number of fused-ring (bicyclic) bond motifs is 1. The Labute approximate surface area is 185 Å². The van der Waals surface area contributed by atoms with Gasteiger partial charge in [-0.1, -0.05) is 0 Å². The fraction of sp³-hybridized carbons (Fsp3) is 0.727. The molecule has 3 atom stereocenters. The van der Waals surface area contributed by atoms with E-state index >= 15 is 0 Å². The lowest BCUT2D eigenvalue weighted by Gasteiger charge is -2.38. The second-order valence-electron chi connectivity index (χ2n) is 9.33. The molecule has 1 saturated carbocycles. The molecule has 1 saturated heterocycles. The van der Waals surface area contributed by atoms with Crippen LogP contribution < -0.4 is 10.0 Å². The lowest BCUT2D eigenvalue weighted by atomic mass is 9.78. The number of pyridine rings is 1. The molecule has 32 heavy (non-hydrogen) atoms. The summed E-state index contributed by atoms with van der Waals surface area (Å²) >= 11 is 0. The smallest absolute Gasteiger partial charge is 0.422 e. The standard InChI is InChI=1S/C22H30F3N3O4/c1-14(29)21(6-2-18(11-21)26-17-4-8-32-9-5-17)20(30)27-7-3-19-15(12-27)10-16(13-28(19)31)22(23,24)25/h10,13-14,17-18,26,29H,2-9,11-12H2,1H3/t14?,18-,21+/m1/s1. The van der Waals surface area contributed by atoms with Gasteiger partial charge in [-0.15, -0.1) is 0 Å². The van der Waals surface area contributed by atoms with Gasteiger partial charge in [-0.05, 0) is 45.1 Å². The monoisotopic (exact) mass is 457 g/mol. The van der Waals surface area contributed by atoms with Crippen molar-refractivity contribution in [2.24, 2.45) is 5.41 Å². The molecule has 0 aromatic carbocycles. The van der Waals surface area contributed by atoms with E-state index in [1.54, 1.807) is 6.92 Å². The zero-order valence-corrected chi connectivity index (χ0v) is 18.2. The summed E-state index contributed by atoms with van der Waals surface area (Å²) in [7, 11) is 0. The molecule has 2 fully saturated rings. The van der Waals surface area contributed by atoms with Gasteiger partial charge in [0.2, 0.25) is 5.91 Å². The Morgan fingerprint density at radius 3 is 2.72 bits per heavy atom. The number of halogens is 3. The molecule has 1 aromatic rings. The Balaban J connectivity index is 1.51. The Morgan fingerprint density at radius 1 is 1.34 bits per heavy atom. The van der Waals surface area contributed by atoms with Crippen molar-refractivity contribution in [1.29, 1.82) is 0 Å². The van der Waals surface area contributed by atoms with E-state index < -0.39 is 23.3 Å². The van der Waals surface area contributed by atoms with Crippen LogP contribution in [0.3, 0.4) is 0 Å². The summed E-state index contributed by atoms with van der Waals surface area (Å²) in [5, 5.41) is 26.3. The van der Waals surface area contributed by atoms with Crippen molar-refractivity contribution in [3.63, 3.8) is 0 Å². The van der Waals surface area contributed by atoms with Gasteiger partial charge in [0, 0.05) is 37.4 Å². The topological polar surface area (TPSA) is 88.7 Å². The summed E-state index contributed by atoms with van der Waals surface area (Å²) < 4.78 is 45.1. The van der Waals surface area contributed by atoms with Gasteiger partial charge < -0.3 is 25.3 Å². The molecule has 178 valence electrons. The molecule has 0 bridgehead atoms. The number of rotatable bonds is 4. The molecule has 0 radical (unpaired) electrons. The minimum Gasteiger partial charge on any atom is -0.618 e. The highest BCUT2D eigenvalue weighted by Crippen LogP contribution is 2.44. The van der Waals surface area contributed by atoms with Gasteiger partial charge in [-0.3, -0.25) is 4.79 Å². The van der Waals surface area contributed by atoms with E-state index in [4.69, 9.17) is 4.74 Å². The van der Waals surface area contributed by atoms with E-state index in [0.29, 0.717) is 38.3 Å². The molecular weight excluding hydrogens is 427 g/mol. The van der Waals surface area contributed by atoms with E-state index in [2.05, 4.69) is 5.32 Å². The molecule has 3 aliphatic rings. The van der Waals surface area contributed by atoms with Crippen LogP contribution in [-0.2, 0) is 28.7 Å². The van der Waals surface area contributed by atoms with Crippen molar-refractivity contribution in [3.05, 3.63) is 34.3 Å². The fourth-order valence-electron chi connectivity index (χ4n) is 5.40. The maximum Gasteiger partial charge on any atom is 0.422 e. The molecule has 7 nitrogen and oxygen atoms in total. The number of aliphatic hydroxyl groups excluding tert-OH is 1. The zero-order valence-electron chi connectivity index (χ0n) is 18.2. The molecule has 1 aromatic heterocycles. The number of amides is 1. The summed E-state index contributed by atoms with van der Waals surface area (Å²) in [5.41, 5.74) is -1.52. The number of hydrogen-bond acceptors (Lipinski definition) is 5. The summed E-state index contributed by atoms with van der Waals surface area (Å²) in [6.45, 7) is 3.20. The molecule has 4 rings (SSSR count). The van der Waals surface area contributed by atoms with Crippen LogP contribution in [0.2, 0.25) is 0 Å². The van der Waals surface area contributed by atoms with Crippen molar-refractivity contribution in [2.75, 3.05) is 19.8 Å². The number of alkyl halides is 3. The SMILES string of the molecule is CC(O)[C@]1(C(=O)N2CCc3c(cc(C(F)(F)F)c[n+]3[O-])C2)CC[C@@H](NC2CCOCC2)C1. The summed E-state index contributed by atoms with van der Waals surface area (Å²) in [6, 6.07) is 1.38.